The number of piperidine rings is 2. The topological polar surface area (TPSA) is 71.4 Å². The molecule has 3 aliphatic heterocycles. The normalized spacial score (nSPS) is 32.1. The van der Waals surface area contributed by atoms with E-state index < -0.39 is 5.60 Å². The molecule has 0 unspecified atom stereocenters. The standard InChI is InChI=1S/C22H28N2O4/c1-4-14-12-24-10-9-22(26)17-7-5-6-8-18(17)23-20(22)19(24)11-15(14)16(13-27-2)21(25)28-3/h5-8,13-15,19,26H,4,9-12H2,1-3H3/b16-13+/t14-,15-,19+,22+/m0/s1. The van der Waals surface area contributed by atoms with Gasteiger partial charge in [0.2, 0.25) is 0 Å². The number of carbonyl (C=O) groups is 1. The summed E-state index contributed by atoms with van der Waals surface area (Å²) >= 11 is 0. The molecule has 0 aliphatic carbocycles. The lowest BCUT2D eigenvalue weighted by molar-refractivity contribution is -0.137. The highest BCUT2D eigenvalue weighted by molar-refractivity contribution is 6.04. The van der Waals surface area contributed by atoms with E-state index >= 15 is 0 Å². The Labute approximate surface area is 165 Å². The van der Waals surface area contributed by atoms with Gasteiger partial charge < -0.3 is 14.6 Å². The molecule has 1 aromatic carbocycles. The fourth-order valence-corrected chi connectivity index (χ4v) is 5.20. The Balaban J connectivity index is 1.70. The summed E-state index contributed by atoms with van der Waals surface area (Å²) in [5.41, 5.74) is 2.15. The van der Waals surface area contributed by atoms with Crippen LogP contribution in [0.15, 0.2) is 41.1 Å². The molecule has 2 saturated heterocycles. The van der Waals surface area contributed by atoms with E-state index in [4.69, 9.17) is 14.5 Å². The van der Waals surface area contributed by atoms with Gasteiger partial charge in [-0.05, 0) is 30.7 Å². The zero-order valence-corrected chi connectivity index (χ0v) is 16.7. The SMILES string of the molecule is CC[C@H]1CN2CC[C@]3(O)C(=Nc4ccccc43)[C@H]2C[C@@H]1/C(=C\OC)C(=O)OC. The van der Waals surface area contributed by atoms with Gasteiger partial charge in [0, 0.05) is 18.7 Å². The van der Waals surface area contributed by atoms with E-state index in [1.807, 2.05) is 24.3 Å². The van der Waals surface area contributed by atoms with Gasteiger partial charge in [-0.25, -0.2) is 4.79 Å². The number of hydrogen-bond acceptors (Lipinski definition) is 6. The van der Waals surface area contributed by atoms with Crippen molar-refractivity contribution >= 4 is 17.4 Å². The van der Waals surface area contributed by atoms with Crippen molar-refractivity contribution in [3.8, 4) is 0 Å². The summed E-state index contributed by atoms with van der Waals surface area (Å²) in [5.74, 6) is -0.0128. The third-order valence-corrected chi connectivity index (χ3v) is 6.64. The molecule has 3 heterocycles. The first-order valence-electron chi connectivity index (χ1n) is 9.99. The van der Waals surface area contributed by atoms with Crippen molar-refractivity contribution in [3.63, 3.8) is 0 Å². The second-order valence-corrected chi connectivity index (χ2v) is 7.95. The number of methoxy groups -OCH3 is 2. The molecule has 0 radical (unpaired) electrons. The highest BCUT2D eigenvalue weighted by Gasteiger charge is 2.53. The fourth-order valence-electron chi connectivity index (χ4n) is 5.20. The molecule has 0 saturated carbocycles. The van der Waals surface area contributed by atoms with Crippen LogP contribution in [-0.4, -0.2) is 55.0 Å². The monoisotopic (exact) mass is 384 g/mol. The van der Waals surface area contributed by atoms with Gasteiger partial charge in [-0.1, -0.05) is 31.5 Å². The summed E-state index contributed by atoms with van der Waals surface area (Å²) in [4.78, 5) is 19.7. The van der Waals surface area contributed by atoms with E-state index in [9.17, 15) is 9.90 Å². The van der Waals surface area contributed by atoms with Gasteiger partial charge in [0.1, 0.15) is 5.60 Å². The molecule has 0 spiro atoms. The average Bonchev–Trinajstić information content (AvgIpc) is 3.03. The number of nitrogens with zero attached hydrogens (tertiary/aromatic N) is 2. The molecule has 0 aromatic heterocycles. The molecule has 1 N–H and O–H groups in total. The Bertz CT molecular complexity index is 834. The van der Waals surface area contributed by atoms with Gasteiger partial charge in [0.05, 0.1) is 43.5 Å². The maximum atomic E-state index is 12.4. The van der Waals surface area contributed by atoms with Crippen LogP contribution in [0.3, 0.4) is 0 Å². The predicted molar refractivity (Wildman–Crippen MR) is 106 cm³/mol. The molecule has 0 amide bonds. The van der Waals surface area contributed by atoms with E-state index in [1.165, 1.54) is 13.4 Å². The van der Waals surface area contributed by atoms with Crippen LogP contribution in [0.1, 0.15) is 31.7 Å². The number of hydrogen-bond donors (Lipinski definition) is 1. The van der Waals surface area contributed by atoms with Crippen molar-refractivity contribution in [2.24, 2.45) is 16.8 Å². The first kappa shape index (κ1) is 19.2. The molecule has 3 aliphatic rings. The number of ether oxygens (including phenoxy) is 2. The van der Waals surface area contributed by atoms with Gasteiger partial charge in [0.15, 0.2) is 0 Å². The zero-order chi connectivity index (χ0) is 19.9. The maximum absolute atomic E-state index is 12.4. The summed E-state index contributed by atoms with van der Waals surface area (Å²) < 4.78 is 10.2. The number of fused-ring (bicyclic) bond motifs is 5. The van der Waals surface area contributed by atoms with Gasteiger partial charge in [-0.15, -0.1) is 0 Å². The van der Waals surface area contributed by atoms with Gasteiger partial charge in [-0.3, -0.25) is 9.89 Å². The first-order chi connectivity index (χ1) is 13.5. The highest BCUT2D eigenvalue weighted by Crippen LogP contribution is 2.48. The van der Waals surface area contributed by atoms with Crippen molar-refractivity contribution in [3.05, 3.63) is 41.7 Å². The van der Waals surface area contributed by atoms with Crippen LogP contribution in [0.5, 0.6) is 0 Å². The van der Waals surface area contributed by atoms with Crippen molar-refractivity contribution in [1.29, 1.82) is 0 Å². The molecule has 6 heteroatoms. The number of para-hydroxylation sites is 1. The van der Waals surface area contributed by atoms with E-state index in [1.54, 1.807) is 7.11 Å². The van der Waals surface area contributed by atoms with Crippen LogP contribution >= 0.6 is 0 Å². The van der Waals surface area contributed by atoms with E-state index in [0.29, 0.717) is 17.9 Å². The minimum absolute atomic E-state index is 0.00358. The Hall–Kier alpha value is -2.18. The minimum atomic E-state index is -1.00. The van der Waals surface area contributed by atoms with Crippen LogP contribution in [0.25, 0.3) is 0 Å². The Morgan fingerprint density at radius 1 is 1.39 bits per heavy atom. The molecule has 28 heavy (non-hydrogen) atoms. The molecule has 1 aromatic rings. The predicted octanol–water partition coefficient (Wildman–Crippen LogP) is 2.78. The smallest absolute Gasteiger partial charge is 0.337 e. The van der Waals surface area contributed by atoms with E-state index in [-0.39, 0.29) is 17.9 Å². The van der Waals surface area contributed by atoms with Gasteiger partial charge >= 0.3 is 5.97 Å². The highest BCUT2D eigenvalue weighted by atomic mass is 16.5. The van der Waals surface area contributed by atoms with Gasteiger partial charge in [0.25, 0.3) is 0 Å². The van der Waals surface area contributed by atoms with Crippen molar-refractivity contribution in [2.45, 2.75) is 37.8 Å². The molecular weight excluding hydrogens is 356 g/mol. The molecule has 6 nitrogen and oxygen atoms in total. The number of aliphatic imine (C=N–C) groups is 1. The summed E-state index contributed by atoms with van der Waals surface area (Å²) in [6.07, 6.45) is 3.86. The molecule has 4 rings (SSSR count). The lowest BCUT2D eigenvalue weighted by atomic mass is 9.70. The lowest BCUT2D eigenvalue weighted by Crippen LogP contribution is -2.60. The number of carbonyl (C=O) groups excluding carboxylic acids is 1. The maximum Gasteiger partial charge on any atom is 0.337 e. The van der Waals surface area contributed by atoms with Crippen LogP contribution < -0.4 is 0 Å². The zero-order valence-electron chi connectivity index (χ0n) is 16.7. The van der Waals surface area contributed by atoms with Crippen LogP contribution in [0, 0.1) is 11.8 Å². The second kappa shape index (κ2) is 7.33. The fraction of sp³-hybridized carbons (Fsp3) is 0.545. The van der Waals surface area contributed by atoms with Crippen molar-refractivity contribution in [2.75, 3.05) is 27.3 Å². The second-order valence-electron chi connectivity index (χ2n) is 7.95. The molecule has 150 valence electrons. The number of esters is 1. The summed E-state index contributed by atoms with van der Waals surface area (Å²) in [6.45, 7) is 3.84. The number of benzene rings is 1. The summed E-state index contributed by atoms with van der Waals surface area (Å²) in [7, 11) is 2.95. The van der Waals surface area contributed by atoms with Gasteiger partial charge in [-0.2, -0.15) is 0 Å². The lowest BCUT2D eigenvalue weighted by Gasteiger charge is -2.50. The van der Waals surface area contributed by atoms with Crippen molar-refractivity contribution < 1.29 is 19.4 Å². The quantitative estimate of drug-likeness (QED) is 0.491. The summed E-state index contributed by atoms with van der Waals surface area (Å²) in [6, 6.07) is 7.84. The largest absolute Gasteiger partial charge is 0.504 e. The molecule has 2 fully saturated rings. The average molecular weight is 384 g/mol. The number of rotatable bonds is 4. The first-order valence-corrected chi connectivity index (χ1v) is 9.99. The van der Waals surface area contributed by atoms with E-state index in [0.717, 1.165) is 42.9 Å². The summed E-state index contributed by atoms with van der Waals surface area (Å²) in [5, 5.41) is 11.5. The van der Waals surface area contributed by atoms with Crippen LogP contribution in [-0.2, 0) is 19.9 Å². The Kier molecular flexibility index (Phi) is 5.02. The van der Waals surface area contributed by atoms with Crippen molar-refractivity contribution in [1.82, 2.24) is 4.90 Å². The third-order valence-electron chi connectivity index (χ3n) is 6.64. The van der Waals surface area contributed by atoms with E-state index in [2.05, 4.69) is 11.8 Å². The Morgan fingerprint density at radius 3 is 2.89 bits per heavy atom. The molecule has 0 bridgehead atoms. The third kappa shape index (κ3) is 2.86. The van der Waals surface area contributed by atoms with Crippen LogP contribution in [0.2, 0.25) is 0 Å². The molecular formula is C22H28N2O4. The number of aliphatic hydroxyl groups is 1. The Morgan fingerprint density at radius 2 is 2.18 bits per heavy atom. The molecule has 4 atom stereocenters. The minimum Gasteiger partial charge on any atom is -0.504 e. The van der Waals surface area contributed by atoms with Crippen LogP contribution in [0.4, 0.5) is 5.69 Å².